The molecule has 1 aliphatic rings. The van der Waals surface area contributed by atoms with E-state index in [-0.39, 0.29) is 17.3 Å². The molecule has 1 saturated heterocycles. The van der Waals surface area contributed by atoms with Gasteiger partial charge in [-0.15, -0.1) is 0 Å². The van der Waals surface area contributed by atoms with Crippen molar-refractivity contribution in [3.63, 3.8) is 0 Å². The molecule has 0 aliphatic carbocycles. The summed E-state index contributed by atoms with van der Waals surface area (Å²) in [5.41, 5.74) is -0.513. The molecule has 1 aliphatic heterocycles. The van der Waals surface area contributed by atoms with Crippen molar-refractivity contribution in [1.82, 2.24) is 24.4 Å². The molecule has 4 rings (SSSR count). The van der Waals surface area contributed by atoms with E-state index in [1.54, 1.807) is 37.8 Å². The molecule has 192 valence electrons. The Kier molecular flexibility index (Phi) is 6.76. The fourth-order valence-electron chi connectivity index (χ4n) is 4.32. The van der Waals surface area contributed by atoms with Gasteiger partial charge in [-0.3, -0.25) is 14.3 Å². The first kappa shape index (κ1) is 25.6. The number of likely N-dealkylation sites (tertiary alicyclic amines) is 1. The quantitative estimate of drug-likeness (QED) is 0.516. The highest BCUT2D eigenvalue weighted by molar-refractivity contribution is 5.76. The maximum absolute atomic E-state index is 13.6. The molecular weight excluding hydrogens is 475 g/mol. The van der Waals surface area contributed by atoms with E-state index in [4.69, 9.17) is 4.74 Å². The fourth-order valence-corrected chi connectivity index (χ4v) is 4.32. The van der Waals surface area contributed by atoms with Gasteiger partial charge in [0, 0.05) is 31.4 Å². The Hall–Kier alpha value is -3.50. The lowest BCUT2D eigenvalue weighted by Crippen LogP contribution is -2.42. The lowest BCUT2D eigenvalue weighted by molar-refractivity contribution is -0.142. The number of hydrogen-bond donors (Lipinski definition) is 0. The zero-order chi connectivity index (χ0) is 26.3. The van der Waals surface area contributed by atoms with E-state index in [0.29, 0.717) is 37.0 Å². The molecule has 0 atom stereocenters. The molecule has 11 heteroatoms. The van der Waals surface area contributed by atoms with Crippen molar-refractivity contribution in [1.29, 1.82) is 0 Å². The van der Waals surface area contributed by atoms with Crippen molar-refractivity contribution in [2.24, 2.45) is 0 Å². The van der Waals surface area contributed by atoms with Crippen LogP contribution in [0.2, 0.25) is 0 Å². The summed E-state index contributed by atoms with van der Waals surface area (Å²) in [6.07, 6.45) is -1.99. The van der Waals surface area contributed by atoms with Crippen LogP contribution in [0.3, 0.4) is 0 Å². The number of alkyl halides is 3. The summed E-state index contributed by atoms with van der Waals surface area (Å²) in [5, 5.41) is 0. The standard InChI is InChI=1S/C25H28F3N5O3/c1-15-5-6-17-19(13-15)33(14-18-21(25(26,27)28)30-10-9-29-18)22(34)20(31-17)16-7-11-32(12-8-16)23(35)36-24(2,3)4/h5-6,9-10,13,16H,7-8,11-12,14H2,1-4H3. The van der Waals surface area contributed by atoms with Gasteiger partial charge in [0.25, 0.3) is 5.56 Å². The summed E-state index contributed by atoms with van der Waals surface area (Å²) in [5.74, 6) is -0.253. The molecule has 3 heterocycles. The maximum atomic E-state index is 13.6. The van der Waals surface area contributed by atoms with Crippen LogP contribution in [0.1, 0.15) is 62.2 Å². The van der Waals surface area contributed by atoms with E-state index in [2.05, 4.69) is 15.0 Å². The molecule has 0 unspecified atom stereocenters. The van der Waals surface area contributed by atoms with E-state index in [9.17, 15) is 22.8 Å². The molecule has 8 nitrogen and oxygen atoms in total. The number of halogens is 3. The van der Waals surface area contributed by atoms with Crippen LogP contribution in [0.5, 0.6) is 0 Å². The Bertz CT molecular complexity index is 1340. The third kappa shape index (κ3) is 5.50. The van der Waals surface area contributed by atoms with Gasteiger partial charge in [-0.25, -0.2) is 14.8 Å². The SMILES string of the molecule is Cc1ccc2nc(C3CCN(C(=O)OC(C)(C)C)CC3)c(=O)n(Cc3nccnc3C(F)(F)F)c2c1. The normalized spacial score (nSPS) is 15.4. The third-order valence-electron chi connectivity index (χ3n) is 6.01. The van der Waals surface area contributed by atoms with E-state index in [0.717, 1.165) is 11.8 Å². The smallest absolute Gasteiger partial charge is 0.435 e. The molecule has 1 aromatic carbocycles. The average molecular weight is 504 g/mol. The predicted molar refractivity (Wildman–Crippen MR) is 127 cm³/mol. The minimum atomic E-state index is -4.71. The summed E-state index contributed by atoms with van der Waals surface area (Å²) >= 11 is 0. The number of aryl methyl sites for hydroxylation is 1. The van der Waals surface area contributed by atoms with Crippen LogP contribution in [0.4, 0.5) is 18.0 Å². The lowest BCUT2D eigenvalue weighted by Gasteiger charge is -2.33. The van der Waals surface area contributed by atoms with Crippen LogP contribution in [0, 0.1) is 6.92 Å². The van der Waals surface area contributed by atoms with Gasteiger partial charge >= 0.3 is 12.3 Å². The fraction of sp³-hybridized carbons (Fsp3) is 0.480. The zero-order valence-electron chi connectivity index (χ0n) is 20.6. The Morgan fingerprint density at radius 2 is 1.78 bits per heavy atom. The lowest BCUT2D eigenvalue weighted by atomic mass is 9.93. The number of piperidine rings is 1. The largest absolute Gasteiger partial charge is 0.444 e. The molecule has 0 radical (unpaired) electrons. The summed E-state index contributed by atoms with van der Waals surface area (Å²) in [7, 11) is 0. The van der Waals surface area contributed by atoms with Crippen molar-refractivity contribution >= 4 is 17.1 Å². The minimum Gasteiger partial charge on any atom is -0.444 e. The van der Waals surface area contributed by atoms with Gasteiger partial charge in [0.05, 0.1) is 23.3 Å². The molecule has 3 aromatic rings. The van der Waals surface area contributed by atoms with Gasteiger partial charge in [-0.2, -0.15) is 13.2 Å². The summed E-state index contributed by atoms with van der Waals surface area (Å²) in [6, 6.07) is 5.31. The second kappa shape index (κ2) is 9.51. The van der Waals surface area contributed by atoms with Crippen molar-refractivity contribution in [3.05, 3.63) is 63.6 Å². The van der Waals surface area contributed by atoms with E-state index in [1.807, 2.05) is 13.0 Å². The van der Waals surface area contributed by atoms with Gasteiger partial charge in [0.2, 0.25) is 0 Å². The van der Waals surface area contributed by atoms with Crippen molar-refractivity contribution in [3.8, 4) is 0 Å². The Morgan fingerprint density at radius 1 is 1.11 bits per heavy atom. The number of benzene rings is 1. The van der Waals surface area contributed by atoms with Crippen LogP contribution in [0.15, 0.2) is 35.4 Å². The first-order chi connectivity index (χ1) is 16.8. The van der Waals surface area contributed by atoms with Crippen LogP contribution < -0.4 is 5.56 Å². The van der Waals surface area contributed by atoms with Gasteiger partial charge in [0.1, 0.15) is 11.3 Å². The number of nitrogens with zero attached hydrogens (tertiary/aromatic N) is 5. The van der Waals surface area contributed by atoms with E-state index < -0.39 is 35.7 Å². The number of carbonyl (C=O) groups excluding carboxylic acids is 1. The zero-order valence-corrected chi connectivity index (χ0v) is 20.6. The van der Waals surface area contributed by atoms with Gasteiger partial charge in [-0.1, -0.05) is 6.07 Å². The number of ether oxygens (including phenoxy) is 1. The molecule has 0 saturated carbocycles. The monoisotopic (exact) mass is 503 g/mol. The van der Waals surface area contributed by atoms with Crippen molar-refractivity contribution < 1.29 is 22.7 Å². The maximum Gasteiger partial charge on any atom is 0.435 e. The molecule has 0 N–H and O–H groups in total. The number of fused-ring (bicyclic) bond motifs is 1. The summed E-state index contributed by atoms with van der Waals surface area (Å²) in [4.78, 5) is 39.6. The molecule has 0 bridgehead atoms. The minimum absolute atomic E-state index is 0.253. The number of amides is 1. The number of rotatable bonds is 3. The second-order valence-corrected chi connectivity index (χ2v) is 9.97. The molecule has 36 heavy (non-hydrogen) atoms. The highest BCUT2D eigenvalue weighted by Gasteiger charge is 2.36. The van der Waals surface area contributed by atoms with Crippen molar-refractivity contribution in [2.45, 2.75) is 64.8 Å². The van der Waals surface area contributed by atoms with Crippen LogP contribution in [0.25, 0.3) is 11.0 Å². The number of hydrogen-bond acceptors (Lipinski definition) is 6. The Balaban J connectivity index is 1.70. The van der Waals surface area contributed by atoms with Gasteiger partial charge in [-0.05, 0) is 58.2 Å². The predicted octanol–water partition coefficient (Wildman–Crippen LogP) is 4.68. The summed E-state index contributed by atoms with van der Waals surface area (Å²) < 4.78 is 47.4. The highest BCUT2D eigenvalue weighted by atomic mass is 19.4. The summed E-state index contributed by atoms with van der Waals surface area (Å²) in [6.45, 7) is 7.59. The second-order valence-electron chi connectivity index (χ2n) is 9.97. The van der Waals surface area contributed by atoms with E-state index >= 15 is 0 Å². The molecule has 1 amide bonds. The van der Waals surface area contributed by atoms with Crippen molar-refractivity contribution in [2.75, 3.05) is 13.1 Å². The van der Waals surface area contributed by atoms with Crippen LogP contribution in [-0.4, -0.2) is 49.2 Å². The number of carbonyl (C=O) groups is 1. The number of aromatic nitrogens is 4. The first-order valence-corrected chi connectivity index (χ1v) is 11.7. The molecule has 1 fully saturated rings. The average Bonchev–Trinajstić information content (AvgIpc) is 2.79. The topological polar surface area (TPSA) is 90.2 Å². The molecular formula is C25H28F3N5O3. The molecule has 2 aromatic heterocycles. The third-order valence-corrected chi connectivity index (χ3v) is 6.01. The van der Waals surface area contributed by atoms with Gasteiger partial charge in [0.15, 0.2) is 5.69 Å². The van der Waals surface area contributed by atoms with Gasteiger partial charge < -0.3 is 9.64 Å². The first-order valence-electron chi connectivity index (χ1n) is 11.7. The molecule has 0 spiro atoms. The van der Waals surface area contributed by atoms with Crippen LogP contribution >= 0.6 is 0 Å². The highest BCUT2D eigenvalue weighted by Crippen LogP contribution is 2.31. The van der Waals surface area contributed by atoms with E-state index in [1.165, 1.54) is 10.8 Å². The van der Waals surface area contributed by atoms with Crippen LogP contribution in [-0.2, 0) is 17.5 Å². The Morgan fingerprint density at radius 3 is 2.42 bits per heavy atom. The Labute approximate surface area is 206 Å².